The molecule has 1 fully saturated rings. The van der Waals surface area contributed by atoms with Crippen LogP contribution in [0.5, 0.6) is 0 Å². The Labute approximate surface area is 106 Å². The zero-order chi connectivity index (χ0) is 13.8. The topological polar surface area (TPSA) is 12.0 Å². The Balaban J connectivity index is 2.13. The quantitative estimate of drug-likeness (QED) is 0.622. The fourth-order valence-corrected chi connectivity index (χ4v) is 2.51. The SMILES string of the molecule is FC(F)(F)SCCNC1CCC(C(F)(F)F)CC1. The Bertz CT molecular complexity index is 244. The van der Waals surface area contributed by atoms with Crippen LogP contribution in [0.2, 0.25) is 0 Å². The molecule has 0 aromatic rings. The summed E-state index contributed by atoms with van der Waals surface area (Å²) in [5.74, 6) is -1.36. The zero-order valence-electron chi connectivity index (χ0n) is 9.57. The maximum Gasteiger partial charge on any atom is 0.441 e. The Kier molecular flexibility index (Phi) is 5.64. The van der Waals surface area contributed by atoms with Crippen molar-refractivity contribution in [3.8, 4) is 0 Å². The summed E-state index contributed by atoms with van der Waals surface area (Å²) in [5.41, 5.74) is -4.24. The van der Waals surface area contributed by atoms with Crippen molar-refractivity contribution in [1.29, 1.82) is 0 Å². The molecule has 0 spiro atoms. The molecule has 0 aliphatic heterocycles. The first-order valence-corrected chi connectivity index (χ1v) is 6.68. The van der Waals surface area contributed by atoms with Crippen molar-refractivity contribution < 1.29 is 26.3 Å². The van der Waals surface area contributed by atoms with Crippen molar-refractivity contribution in [1.82, 2.24) is 5.32 Å². The van der Waals surface area contributed by atoms with E-state index >= 15 is 0 Å². The van der Waals surface area contributed by atoms with Gasteiger partial charge in [0.25, 0.3) is 0 Å². The van der Waals surface area contributed by atoms with Gasteiger partial charge in [-0.3, -0.25) is 0 Å². The van der Waals surface area contributed by atoms with Crippen LogP contribution in [-0.2, 0) is 0 Å². The second-order valence-corrected chi connectivity index (χ2v) is 5.50. The van der Waals surface area contributed by atoms with Gasteiger partial charge >= 0.3 is 11.7 Å². The molecule has 108 valence electrons. The van der Waals surface area contributed by atoms with Crippen molar-refractivity contribution >= 4 is 11.8 Å². The fourth-order valence-electron chi connectivity index (χ4n) is 2.05. The number of rotatable bonds is 4. The average Bonchev–Trinajstić information content (AvgIpc) is 2.22. The normalized spacial score (nSPS) is 26.3. The molecule has 1 nitrogen and oxygen atoms in total. The van der Waals surface area contributed by atoms with Gasteiger partial charge in [0.15, 0.2) is 0 Å². The lowest BCUT2D eigenvalue weighted by Crippen LogP contribution is -2.38. The summed E-state index contributed by atoms with van der Waals surface area (Å²) < 4.78 is 72.5. The first-order chi connectivity index (χ1) is 8.18. The van der Waals surface area contributed by atoms with Crippen molar-refractivity contribution in [3.63, 3.8) is 0 Å². The van der Waals surface area contributed by atoms with Crippen LogP contribution in [0.3, 0.4) is 0 Å². The summed E-state index contributed by atoms with van der Waals surface area (Å²) in [6.45, 7) is 0.172. The first-order valence-electron chi connectivity index (χ1n) is 5.69. The number of halogens is 6. The van der Waals surface area contributed by atoms with Gasteiger partial charge < -0.3 is 5.32 Å². The lowest BCUT2D eigenvalue weighted by Gasteiger charge is -2.30. The highest BCUT2D eigenvalue weighted by atomic mass is 32.2. The Hall–Kier alpha value is -0.110. The summed E-state index contributed by atoms with van der Waals surface area (Å²) in [7, 11) is 0. The molecule has 0 atom stereocenters. The van der Waals surface area contributed by atoms with Crippen LogP contribution in [0.1, 0.15) is 25.7 Å². The van der Waals surface area contributed by atoms with E-state index in [1.807, 2.05) is 0 Å². The minimum absolute atomic E-state index is 0.0631. The Morgan fingerprint density at radius 2 is 1.50 bits per heavy atom. The summed E-state index contributed by atoms with van der Waals surface area (Å²) in [6.07, 6.45) is -3.26. The zero-order valence-corrected chi connectivity index (χ0v) is 10.4. The van der Waals surface area contributed by atoms with Gasteiger partial charge in [-0.25, -0.2) is 0 Å². The third-order valence-corrected chi connectivity index (χ3v) is 3.73. The highest BCUT2D eigenvalue weighted by molar-refractivity contribution is 8.00. The van der Waals surface area contributed by atoms with Crippen molar-refractivity contribution in [2.45, 2.75) is 43.4 Å². The fraction of sp³-hybridized carbons (Fsp3) is 1.00. The third kappa shape index (κ3) is 6.17. The molecule has 1 aliphatic carbocycles. The van der Waals surface area contributed by atoms with Gasteiger partial charge in [0, 0.05) is 18.3 Å². The van der Waals surface area contributed by atoms with Gasteiger partial charge in [-0.05, 0) is 37.4 Å². The molecule has 0 aromatic carbocycles. The van der Waals surface area contributed by atoms with E-state index < -0.39 is 17.6 Å². The van der Waals surface area contributed by atoms with Gasteiger partial charge in [0.05, 0.1) is 5.92 Å². The van der Waals surface area contributed by atoms with E-state index in [2.05, 4.69) is 5.32 Å². The molecule has 1 saturated carbocycles. The lowest BCUT2D eigenvalue weighted by molar-refractivity contribution is -0.182. The Morgan fingerprint density at radius 3 is 1.94 bits per heavy atom. The molecular formula is C10H15F6NS. The summed E-state index contributed by atoms with van der Waals surface area (Å²) >= 11 is -0.116. The summed E-state index contributed by atoms with van der Waals surface area (Å²) in [5, 5.41) is 2.88. The molecule has 8 heteroatoms. The molecule has 0 radical (unpaired) electrons. The molecule has 1 rings (SSSR count). The molecule has 0 aromatic heterocycles. The van der Waals surface area contributed by atoms with Crippen LogP contribution < -0.4 is 5.32 Å². The van der Waals surface area contributed by atoms with Crippen LogP contribution in [-0.4, -0.2) is 30.0 Å². The largest absolute Gasteiger partial charge is 0.441 e. The smallest absolute Gasteiger partial charge is 0.313 e. The number of nitrogens with one attached hydrogen (secondary N) is 1. The molecule has 0 unspecified atom stereocenters. The van der Waals surface area contributed by atoms with Crippen molar-refractivity contribution in [3.05, 3.63) is 0 Å². The predicted octanol–water partition coefficient (Wildman–Crippen LogP) is 3.95. The molecule has 0 bridgehead atoms. The maximum absolute atomic E-state index is 12.4. The van der Waals surface area contributed by atoms with Gasteiger partial charge in [0.1, 0.15) is 0 Å². The highest BCUT2D eigenvalue weighted by Crippen LogP contribution is 2.37. The van der Waals surface area contributed by atoms with Gasteiger partial charge in [-0.2, -0.15) is 26.3 Å². The van der Waals surface area contributed by atoms with E-state index in [0.29, 0.717) is 12.8 Å². The molecule has 1 aliphatic rings. The van der Waals surface area contributed by atoms with Gasteiger partial charge in [-0.15, -0.1) is 0 Å². The first kappa shape index (κ1) is 15.9. The van der Waals surface area contributed by atoms with Gasteiger partial charge in [-0.1, -0.05) is 0 Å². The third-order valence-electron chi connectivity index (χ3n) is 2.99. The van der Waals surface area contributed by atoms with E-state index in [9.17, 15) is 26.3 Å². The van der Waals surface area contributed by atoms with Crippen LogP contribution in [0.4, 0.5) is 26.3 Å². The predicted molar refractivity (Wildman–Crippen MR) is 58.3 cm³/mol. The lowest BCUT2D eigenvalue weighted by atomic mass is 9.85. The van der Waals surface area contributed by atoms with Crippen molar-refractivity contribution in [2.24, 2.45) is 5.92 Å². The molecular weight excluding hydrogens is 280 g/mol. The highest BCUT2D eigenvalue weighted by Gasteiger charge is 2.41. The monoisotopic (exact) mass is 295 g/mol. The molecule has 0 amide bonds. The van der Waals surface area contributed by atoms with Crippen molar-refractivity contribution in [2.75, 3.05) is 12.3 Å². The minimum Gasteiger partial charge on any atom is -0.313 e. The van der Waals surface area contributed by atoms with Crippen LogP contribution in [0.15, 0.2) is 0 Å². The number of alkyl halides is 6. The summed E-state index contributed by atoms with van der Waals surface area (Å²) in [4.78, 5) is 0. The van der Waals surface area contributed by atoms with E-state index in [-0.39, 0.29) is 42.9 Å². The number of hydrogen-bond donors (Lipinski definition) is 1. The average molecular weight is 295 g/mol. The van der Waals surface area contributed by atoms with Crippen LogP contribution >= 0.6 is 11.8 Å². The Morgan fingerprint density at radius 1 is 0.944 bits per heavy atom. The minimum atomic E-state index is -4.24. The second kappa shape index (κ2) is 6.36. The standard InChI is InChI=1S/C10H15F6NS/c11-9(12,13)7-1-3-8(4-2-7)17-5-6-18-10(14,15)16/h7-8,17H,1-6H2. The molecule has 18 heavy (non-hydrogen) atoms. The van der Waals surface area contributed by atoms with Gasteiger partial charge in [0.2, 0.25) is 0 Å². The second-order valence-electron chi connectivity index (χ2n) is 4.34. The van der Waals surface area contributed by atoms with E-state index in [0.717, 1.165) is 0 Å². The van der Waals surface area contributed by atoms with Crippen LogP contribution in [0.25, 0.3) is 0 Å². The number of thioether (sulfide) groups is 1. The number of hydrogen-bond acceptors (Lipinski definition) is 2. The summed E-state index contributed by atoms with van der Waals surface area (Å²) in [6, 6.07) is -0.0857. The van der Waals surface area contributed by atoms with E-state index in [1.54, 1.807) is 0 Å². The van der Waals surface area contributed by atoms with E-state index in [1.165, 1.54) is 0 Å². The van der Waals surface area contributed by atoms with E-state index in [4.69, 9.17) is 0 Å². The van der Waals surface area contributed by atoms with Crippen LogP contribution in [0, 0.1) is 5.92 Å². The maximum atomic E-state index is 12.4. The molecule has 0 heterocycles. The molecule has 0 saturated heterocycles. The molecule has 1 N–H and O–H groups in total.